The molecule has 4 heteroatoms. The maximum atomic E-state index is 12.5. The Morgan fingerprint density at radius 2 is 1.81 bits per heavy atom. The summed E-state index contributed by atoms with van der Waals surface area (Å²) in [6, 6.07) is 5.82. The fourth-order valence-corrected chi connectivity index (χ4v) is 3.69. The van der Waals surface area contributed by atoms with Crippen molar-refractivity contribution in [2.45, 2.75) is 20.3 Å². The van der Waals surface area contributed by atoms with E-state index in [4.69, 9.17) is 0 Å². The van der Waals surface area contributed by atoms with Gasteiger partial charge in [-0.2, -0.15) is 0 Å². The van der Waals surface area contributed by atoms with Gasteiger partial charge in [-0.05, 0) is 43.7 Å². The van der Waals surface area contributed by atoms with Gasteiger partial charge in [0.2, 0.25) is 5.91 Å². The molecule has 2 N–H and O–H groups in total. The van der Waals surface area contributed by atoms with Crippen molar-refractivity contribution >= 4 is 17.6 Å². The van der Waals surface area contributed by atoms with Gasteiger partial charge < -0.3 is 10.4 Å². The quantitative estimate of drug-likeness (QED) is 0.839. The number of fused-ring (bicyclic) bond motifs is 2. The van der Waals surface area contributed by atoms with E-state index in [-0.39, 0.29) is 17.7 Å². The Kier molecular flexibility index (Phi) is 3.32. The summed E-state index contributed by atoms with van der Waals surface area (Å²) < 4.78 is 0. The number of carbonyl (C=O) groups excluding carboxylic acids is 1. The summed E-state index contributed by atoms with van der Waals surface area (Å²) in [4.78, 5) is 24.0. The highest BCUT2D eigenvalue weighted by Crippen LogP contribution is 2.48. The Balaban J connectivity index is 1.82. The number of hydrogen-bond acceptors (Lipinski definition) is 2. The smallest absolute Gasteiger partial charge is 0.307 e. The van der Waals surface area contributed by atoms with Crippen LogP contribution in [0.1, 0.15) is 17.5 Å². The molecule has 0 radical (unpaired) electrons. The average molecular weight is 285 g/mol. The molecule has 2 aliphatic carbocycles. The highest BCUT2D eigenvalue weighted by atomic mass is 16.4. The molecular weight excluding hydrogens is 266 g/mol. The lowest BCUT2D eigenvalue weighted by Crippen LogP contribution is -2.36. The molecule has 0 saturated heterocycles. The average Bonchev–Trinajstić information content (AvgIpc) is 3.02. The highest BCUT2D eigenvalue weighted by molar-refractivity contribution is 5.96. The zero-order valence-electron chi connectivity index (χ0n) is 12.2. The van der Waals surface area contributed by atoms with Gasteiger partial charge in [0, 0.05) is 5.69 Å². The number of nitrogens with one attached hydrogen (secondary N) is 1. The van der Waals surface area contributed by atoms with Crippen LogP contribution in [0, 0.1) is 37.5 Å². The molecule has 21 heavy (non-hydrogen) atoms. The van der Waals surface area contributed by atoms with Gasteiger partial charge in [0.25, 0.3) is 0 Å². The van der Waals surface area contributed by atoms with Crippen LogP contribution in [0.5, 0.6) is 0 Å². The summed E-state index contributed by atoms with van der Waals surface area (Å²) in [5.41, 5.74) is 2.90. The summed E-state index contributed by atoms with van der Waals surface area (Å²) in [6.45, 7) is 3.94. The van der Waals surface area contributed by atoms with Crippen molar-refractivity contribution in [2.24, 2.45) is 23.7 Å². The minimum Gasteiger partial charge on any atom is -0.481 e. The van der Waals surface area contributed by atoms with Crippen molar-refractivity contribution < 1.29 is 14.7 Å². The maximum Gasteiger partial charge on any atom is 0.307 e. The van der Waals surface area contributed by atoms with E-state index in [0.29, 0.717) is 0 Å². The summed E-state index contributed by atoms with van der Waals surface area (Å²) in [6.07, 6.45) is 4.72. The molecule has 1 aromatic carbocycles. The van der Waals surface area contributed by atoms with Gasteiger partial charge in [-0.1, -0.05) is 29.8 Å². The fourth-order valence-electron chi connectivity index (χ4n) is 3.69. The summed E-state index contributed by atoms with van der Waals surface area (Å²) >= 11 is 0. The number of carboxylic acids is 1. The summed E-state index contributed by atoms with van der Waals surface area (Å²) in [7, 11) is 0. The molecule has 1 saturated carbocycles. The summed E-state index contributed by atoms with van der Waals surface area (Å²) in [5.74, 6) is -2.04. The monoisotopic (exact) mass is 285 g/mol. The van der Waals surface area contributed by atoms with Gasteiger partial charge >= 0.3 is 5.97 Å². The molecular formula is C17H19NO3. The topological polar surface area (TPSA) is 66.4 Å². The third kappa shape index (κ3) is 2.35. The van der Waals surface area contributed by atoms with Crippen LogP contribution in [-0.4, -0.2) is 17.0 Å². The predicted octanol–water partition coefficient (Wildman–Crippen LogP) is 2.76. The number of carbonyl (C=O) groups is 2. The number of carboxylic acid groups (broad SMARTS) is 1. The van der Waals surface area contributed by atoms with Crippen molar-refractivity contribution in [3.8, 4) is 0 Å². The van der Waals surface area contributed by atoms with Gasteiger partial charge in [-0.25, -0.2) is 0 Å². The lowest BCUT2D eigenvalue weighted by atomic mass is 9.82. The van der Waals surface area contributed by atoms with Crippen LogP contribution in [0.25, 0.3) is 0 Å². The highest BCUT2D eigenvalue weighted by Gasteiger charge is 2.51. The first-order valence-corrected chi connectivity index (χ1v) is 7.26. The van der Waals surface area contributed by atoms with Crippen LogP contribution in [0.3, 0.4) is 0 Å². The predicted molar refractivity (Wildman–Crippen MR) is 79.9 cm³/mol. The van der Waals surface area contributed by atoms with E-state index in [2.05, 4.69) is 5.32 Å². The molecule has 0 aromatic heterocycles. The molecule has 1 amide bonds. The lowest BCUT2D eigenvalue weighted by molar-refractivity contribution is -0.146. The second-order valence-electron chi connectivity index (χ2n) is 6.15. The fraction of sp³-hybridized carbons (Fsp3) is 0.412. The maximum absolute atomic E-state index is 12.5. The van der Waals surface area contributed by atoms with E-state index in [0.717, 1.165) is 23.2 Å². The molecule has 1 fully saturated rings. The van der Waals surface area contributed by atoms with Gasteiger partial charge in [-0.3, -0.25) is 9.59 Å². The zero-order chi connectivity index (χ0) is 15.1. The first-order valence-electron chi connectivity index (χ1n) is 7.26. The van der Waals surface area contributed by atoms with E-state index in [1.807, 2.05) is 44.2 Å². The van der Waals surface area contributed by atoms with E-state index in [1.54, 1.807) is 0 Å². The molecule has 4 atom stereocenters. The van der Waals surface area contributed by atoms with Crippen LogP contribution < -0.4 is 5.32 Å². The van der Waals surface area contributed by atoms with E-state index in [1.165, 1.54) is 0 Å². The Hall–Kier alpha value is -2.10. The number of hydrogen-bond donors (Lipinski definition) is 2. The van der Waals surface area contributed by atoms with Gasteiger partial charge in [-0.15, -0.1) is 0 Å². The molecule has 0 heterocycles. The Morgan fingerprint density at radius 3 is 2.43 bits per heavy atom. The van der Waals surface area contributed by atoms with Crippen molar-refractivity contribution in [1.29, 1.82) is 0 Å². The van der Waals surface area contributed by atoms with Gasteiger partial charge in [0.15, 0.2) is 0 Å². The van der Waals surface area contributed by atoms with Crippen molar-refractivity contribution in [1.82, 2.24) is 0 Å². The van der Waals surface area contributed by atoms with Crippen molar-refractivity contribution in [2.75, 3.05) is 5.32 Å². The number of anilines is 1. The minimum atomic E-state index is -0.868. The van der Waals surface area contributed by atoms with E-state index in [9.17, 15) is 14.7 Å². The van der Waals surface area contributed by atoms with Crippen molar-refractivity contribution in [3.63, 3.8) is 0 Å². The number of aryl methyl sites for hydroxylation is 2. The molecule has 3 rings (SSSR count). The number of amides is 1. The minimum absolute atomic E-state index is 0.00219. The molecule has 0 spiro atoms. The van der Waals surface area contributed by atoms with Crippen LogP contribution >= 0.6 is 0 Å². The largest absolute Gasteiger partial charge is 0.481 e. The number of allylic oxidation sites excluding steroid dienone is 2. The number of rotatable bonds is 3. The molecule has 110 valence electrons. The Bertz CT molecular complexity index is 635. The molecule has 4 nitrogen and oxygen atoms in total. The molecule has 0 aliphatic heterocycles. The Labute approximate surface area is 123 Å². The van der Waals surface area contributed by atoms with Crippen LogP contribution in [0.15, 0.2) is 30.4 Å². The molecule has 2 aliphatic rings. The molecule has 2 bridgehead atoms. The number of aliphatic carboxylic acids is 1. The standard InChI is InChI=1S/C17H19NO3/c1-9-3-6-13(10(2)7-9)18-16(19)14-11-4-5-12(8-11)15(14)17(20)21/h3-7,11-12,14-15H,8H2,1-2H3,(H,18,19)(H,20,21)/t11-,12-,14-,15-/m0/s1. The SMILES string of the molecule is Cc1ccc(NC(=O)[C@@H]2[C@@H](C(=O)O)[C@H]3C=C[C@H]2C3)c(C)c1. The first-order chi connectivity index (χ1) is 9.97. The van der Waals surface area contributed by atoms with Crippen LogP contribution in [-0.2, 0) is 9.59 Å². The second-order valence-corrected chi connectivity index (χ2v) is 6.15. The zero-order valence-corrected chi connectivity index (χ0v) is 12.2. The van der Waals surface area contributed by atoms with Crippen LogP contribution in [0.4, 0.5) is 5.69 Å². The third-order valence-electron chi connectivity index (χ3n) is 4.69. The second kappa shape index (κ2) is 5.02. The van der Waals surface area contributed by atoms with Gasteiger partial charge in [0.1, 0.15) is 0 Å². The molecule has 1 aromatic rings. The molecule has 0 unspecified atom stereocenters. The van der Waals surface area contributed by atoms with Gasteiger partial charge in [0.05, 0.1) is 11.8 Å². The van der Waals surface area contributed by atoms with E-state index < -0.39 is 17.8 Å². The van der Waals surface area contributed by atoms with Crippen molar-refractivity contribution in [3.05, 3.63) is 41.5 Å². The normalized spacial score (nSPS) is 29.6. The first kappa shape index (κ1) is 13.9. The lowest BCUT2D eigenvalue weighted by Gasteiger charge is -2.24. The summed E-state index contributed by atoms with van der Waals surface area (Å²) in [5, 5.41) is 12.3. The van der Waals surface area contributed by atoms with E-state index >= 15 is 0 Å². The Morgan fingerprint density at radius 1 is 1.14 bits per heavy atom. The third-order valence-corrected chi connectivity index (χ3v) is 4.69. The number of benzene rings is 1. The van der Waals surface area contributed by atoms with Crippen LogP contribution in [0.2, 0.25) is 0 Å².